The van der Waals surface area contributed by atoms with Gasteiger partial charge in [0.25, 0.3) is 0 Å². The largest absolute Gasteiger partial charge is 0.497 e. The second-order valence-corrected chi connectivity index (χ2v) is 8.93. The Morgan fingerprint density at radius 1 is 1.03 bits per heavy atom. The predicted molar refractivity (Wildman–Crippen MR) is 131 cm³/mol. The average molecular weight is 455 g/mol. The Bertz CT molecular complexity index is 875. The SMILES string of the molecule is CCCCCCOc1ccc(OC[C@@H](O)CNC(C)(C)Cc2ccc(OC)cc2)c(C#N)c1. The minimum atomic E-state index is -0.707. The van der Waals surface area contributed by atoms with Gasteiger partial charge in [-0.1, -0.05) is 38.3 Å². The summed E-state index contributed by atoms with van der Waals surface area (Å²) < 4.78 is 16.7. The highest BCUT2D eigenvalue weighted by Crippen LogP contribution is 2.24. The molecule has 33 heavy (non-hydrogen) atoms. The topological polar surface area (TPSA) is 83.7 Å². The molecule has 2 rings (SSSR count). The van der Waals surface area contributed by atoms with Gasteiger partial charge >= 0.3 is 0 Å². The normalized spacial score (nSPS) is 12.1. The standard InChI is InChI=1S/C27H38N2O4/c1-5-6-7-8-15-32-25-13-14-26(22(16-25)18-28)33-20-23(30)19-29-27(2,3)17-21-9-11-24(31-4)12-10-21/h9-14,16,23,29-30H,5-8,15,17,19-20H2,1-4H3/t23-/m0/s1. The first-order chi connectivity index (χ1) is 15.9. The van der Waals surface area contributed by atoms with Gasteiger partial charge in [0, 0.05) is 18.2 Å². The fourth-order valence-electron chi connectivity index (χ4n) is 3.49. The molecule has 180 valence electrons. The van der Waals surface area contributed by atoms with Crippen LogP contribution in [0.25, 0.3) is 0 Å². The van der Waals surface area contributed by atoms with Gasteiger partial charge in [-0.15, -0.1) is 0 Å². The van der Waals surface area contributed by atoms with Crippen molar-refractivity contribution >= 4 is 0 Å². The molecule has 0 aromatic heterocycles. The molecule has 0 spiro atoms. The van der Waals surface area contributed by atoms with Crippen molar-refractivity contribution in [1.82, 2.24) is 5.32 Å². The summed E-state index contributed by atoms with van der Waals surface area (Å²) in [4.78, 5) is 0. The molecule has 0 aliphatic rings. The summed E-state index contributed by atoms with van der Waals surface area (Å²) in [5, 5.41) is 23.3. The summed E-state index contributed by atoms with van der Waals surface area (Å²) in [6.45, 7) is 7.48. The first-order valence-corrected chi connectivity index (χ1v) is 11.7. The number of nitrogens with one attached hydrogen (secondary N) is 1. The van der Waals surface area contributed by atoms with E-state index in [1.54, 1.807) is 25.3 Å². The number of hydrogen-bond donors (Lipinski definition) is 2. The lowest BCUT2D eigenvalue weighted by Crippen LogP contribution is -2.46. The van der Waals surface area contributed by atoms with E-state index in [2.05, 4.69) is 32.2 Å². The molecule has 0 radical (unpaired) electrons. The van der Waals surface area contributed by atoms with Gasteiger partial charge in [-0.25, -0.2) is 0 Å². The monoisotopic (exact) mass is 454 g/mol. The Morgan fingerprint density at radius 3 is 2.42 bits per heavy atom. The molecule has 0 fully saturated rings. The summed E-state index contributed by atoms with van der Waals surface area (Å²) in [6.07, 6.45) is 4.64. The smallest absolute Gasteiger partial charge is 0.137 e. The predicted octanol–water partition coefficient (Wildman–Crippen LogP) is 4.88. The molecule has 0 bridgehead atoms. The molecule has 0 saturated carbocycles. The van der Waals surface area contributed by atoms with E-state index >= 15 is 0 Å². The van der Waals surface area contributed by atoms with Gasteiger partial charge < -0.3 is 24.6 Å². The average Bonchev–Trinajstić information content (AvgIpc) is 2.82. The molecule has 0 unspecified atom stereocenters. The third kappa shape index (κ3) is 9.73. The highest BCUT2D eigenvalue weighted by atomic mass is 16.5. The number of methoxy groups -OCH3 is 1. The molecule has 0 aliphatic heterocycles. The van der Waals surface area contributed by atoms with Crippen LogP contribution in [0, 0.1) is 11.3 Å². The maximum Gasteiger partial charge on any atom is 0.137 e. The highest BCUT2D eigenvalue weighted by Gasteiger charge is 2.20. The summed E-state index contributed by atoms with van der Waals surface area (Å²) in [6, 6.07) is 15.4. The number of aliphatic hydroxyl groups excluding tert-OH is 1. The van der Waals surface area contributed by atoms with Crippen molar-refractivity contribution in [3.63, 3.8) is 0 Å². The van der Waals surface area contributed by atoms with Crippen LogP contribution < -0.4 is 19.5 Å². The van der Waals surface area contributed by atoms with E-state index in [9.17, 15) is 10.4 Å². The highest BCUT2D eigenvalue weighted by molar-refractivity contribution is 5.47. The number of benzene rings is 2. The quantitative estimate of drug-likeness (QED) is 0.373. The van der Waals surface area contributed by atoms with Crippen molar-refractivity contribution in [2.75, 3.05) is 26.9 Å². The maximum atomic E-state index is 10.4. The fraction of sp³-hybridized carbons (Fsp3) is 0.519. The van der Waals surface area contributed by atoms with Crippen LogP contribution >= 0.6 is 0 Å². The second-order valence-electron chi connectivity index (χ2n) is 8.93. The number of rotatable bonds is 15. The zero-order valence-corrected chi connectivity index (χ0v) is 20.4. The summed E-state index contributed by atoms with van der Waals surface area (Å²) >= 11 is 0. The summed E-state index contributed by atoms with van der Waals surface area (Å²) in [7, 11) is 1.65. The van der Waals surface area contributed by atoms with Crippen LogP contribution in [-0.4, -0.2) is 43.6 Å². The van der Waals surface area contributed by atoms with Crippen molar-refractivity contribution in [3.8, 4) is 23.3 Å². The van der Waals surface area contributed by atoms with Crippen LogP contribution in [-0.2, 0) is 6.42 Å². The van der Waals surface area contributed by atoms with E-state index in [1.807, 2.05) is 24.3 Å². The van der Waals surface area contributed by atoms with Crippen molar-refractivity contribution < 1.29 is 19.3 Å². The van der Waals surface area contributed by atoms with Crippen molar-refractivity contribution in [3.05, 3.63) is 53.6 Å². The van der Waals surface area contributed by atoms with Crippen molar-refractivity contribution in [2.45, 2.75) is 64.5 Å². The second kappa shape index (κ2) is 13.7. The molecular weight excluding hydrogens is 416 g/mol. The lowest BCUT2D eigenvalue weighted by Gasteiger charge is -2.28. The zero-order valence-electron chi connectivity index (χ0n) is 20.4. The van der Waals surface area contributed by atoms with Crippen LogP contribution in [0.2, 0.25) is 0 Å². The molecule has 6 heteroatoms. The number of nitriles is 1. The van der Waals surface area contributed by atoms with Crippen LogP contribution in [0.3, 0.4) is 0 Å². The van der Waals surface area contributed by atoms with Crippen LogP contribution in [0.4, 0.5) is 0 Å². The number of hydrogen-bond acceptors (Lipinski definition) is 6. The van der Waals surface area contributed by atoms with Gasteiger partial charge in [0.1, 0.15) is 36.0 Å². The van der Waals surface area contributed by atoms with Crippen molar-refractivity contribution in [1.29, 1.82) is 5.26 Å². The van der Waals surface area contributed by atoms with E-state index in [0.717, 1.165) is 25.0 Å². The Kier molecular flexibility index (Phi) is 11.0. The van der Waals surface area contributed by atoms with Gasteiger partial charge in [-0.2, -0.15) is 5.26 Å². The molecule has 0 aliphatic carbocycles. The number of aliphatic hydroxyl groups is 1. The lowest BCUT2D eigenvalue weighted by atomic mass is 9.94. The Balaban J connectivity index is 1.79. The number of nitrogens with zero attached hydrogens (tertiary/aromatic N) is 1. The molecule has 1 atom stereocenters. The summed E-state index contributed by atoms with van der Waals surface area (Å²) in [5.74, 6) is 1.95. The maximum absolute atomic E-state index is 10.4. The summed E-state index contributed by atoms with van der Waals surface area (Å²) in [5.41, 5.74) is 1.38. The van der Waals surface area contributed by atoms with E-state index in [4.69, 9.17) is 14.2 Å². The Labute approximate surface area is 198 Å². The number of β-amino-alcohol motifs (C(OH)–C–C–N with tert-alkyl or cyclic N) is 1. The van der Waals surface area contributed by atoms with Crippen molar-refractivity contribution in [2.24, 2.45) is 0 Å². The first kappa shape index (κ1) is 26.5. The molecule has 6 nitrogen and oxygen atoms in total. The van der Waals surface area contributed by atoms with Gasteiger partial charge in [0.15, 0.2) is 0 Å². The van der Waals surface area contributed by atoms with E-state index in [1.165, 1.54) is 18.4 Å². The first-order valence-electron chi connectivity index (χ1n) is 11.7. The van der Waals surface area contributed by atoms with E-state index in [0.29, 0.717) is 30.2 Å². The van der Waals surface area contributed by atoms with Crippen LogP contribution in [0.1, 0.15) is 57.6 Å². The van der Waals surface area contributed by atoms with Crippen LogP contribution in [0.15, 0.2) is 42.5 Å². The molecule has 2 aromatic carbocycles. The number of ether oxygens (including phenoxy) is 3. The van der Waals surface area contributed by atoms with E-state index in [-0.39, 0.29) is 12.1 Å². The Hall–Kier alpha value is -2.75. The van der Waals surface area contributed by atoms with E-state index < -0.39 is 6.10 Å². The molecule has 2 aromatic rings. The molecule has 0 amide bonds. The minimum Gasteiger partial charge on any atom is -0.497 e. The molecule has 0 heterocycles. The van der Waals surface area contributed by atoms with Gasteiger partial charge in [0.05, 0.1) is 19.3 Å². The third-order valence-electron chi connectivity index (χ3n) is 5.39. The fourth-order valence-corrected chi connectivity index (χ4v) is 3.49. The molecule has 2 N–H and O–H groups in total. The lowest BCUT2D eigenvalue weighted by molar-refractivity contribution is 0.0986. The third-order valence-corrected chi connectivity index (χ3v) is 5.39. The van der Waals surface area contributed by atoms with Gasteiger partial charge in [-0.05, 0) is 56.5 Å². The Morgan fingerprint density at radius 2 is 1.76 bits per heavy atom. The van der Waals surface area contributed by atoms with Gasteiger partial charge in [0.2, 0.25) is 0 Å². The number of unbranched alkanes of at least 4 members (excludes halogenated alkanes) is 3. The van der Waals surface area contributed by atoms with Crippen LogP contribution in [0.5, 0.6) is 17.2 Å². The van der Waals surface area contributed by atoms with Gasteiger partial charge in [-0.3, -0.25) is 0 Å². The molecular formula is C27H38N2O4. The zero-order chi connectivity index (χ0) is 24.1. The molecule has 0 saturated heterocycles. The minimum absolute atomic E-state index is 0.0948.